The number of hydrogen-bond acceptors (Lipinski definition) is 2. The van der Waals surface area contributed by atoms with Crippen LogP contribution in [0.15, 0.2) is 0 Å². The lowest BCUT2D eigenvalue weighted by molar-refractivity contribution is -0.0119. The van der Waals surface area contributed by atoms with E-state index in [9.17, 15) is 10.2 Å². The number of rotatable bonds is 0. The molecule has 0 aromatic carbocycles. The molecule has 0 saturated heterocycles. The molecule has 4 atom stereocenters. The van der Waals surface area contributed by atoms with Crippen LogP contribution in [0.4, 0.5) is 0 Å². The van der Waals surface area contributed by atoms with Crippen LogP contribution >= 0.6 is 15.9 Å². The van der Waals surface area contributed by atoms with E-state index in [1.54, 1.807) is 0 Å². The Morgan fingerprint density at radius 2 is 1.55 bits per heavy atom. The van der Waals surface area contributed by atoms with Crippen molar-refractivity contribution in [3.63, 3.8) is 0 Å². The fourth-order valence-electron chi connectivity index (χ4n) is 2.28. The van der Waals surface area contributed by atoms with Gasteiger partial charge >= 0.3 is 0 Å². The second-order valence-corrected chi connectivity index (χ2v) is 5.68. The van der Waals surface area contributed by atoms with Gasteiger partial charge in [-0.2, -0.15) is 0 Å². The van der Waals surface area contributed by atoms with E-state index in [4.69, 9.17) is 0 Å². The van der Waals surface area contributed by atoms with Gasteiger partial charge in [-0.3, -0.25) is 0 Å². The Morgan fingerprint density at radius 3 is 1.91 bits per heavy atom. The number of alkyl halides is 1. The first-order chi connectivity index (χ1) is 5.03. The molecule has 3 heteroatoms. The average Bonchev–Trinajstić information content (AvgIpc) is 2.39. The summed E-state index contributed by atoms with van der Waals surface area (Å²) in [6.45, 7) is 2.15. The Balaban J connectivity index is 2.07. The summed E-state index contributed by atoms with van der Waals surface area (Å²) < 4.78 is 0.200. The number of aliphatic hydroxyl groups excluding tert-OH is 2. The first-order valence-electron chi connectivity index (χ1n) is 4.08. The van der Waals surface area contributed by atoms with Crippen LogP contribution in [0, 0.1) is 11.8 Å². The molecule has 2 aliphatic carbocycles. The van der Waals surface area contributed by atoms with Crippen LogP contribution in [0.1, 0.15) is 19.8 Å². The summed E-state index contributed by atoms with van der Waals surface area (Å²) in [5.74, 6) is 1.17. The number of aliphatic hydroxyl groups is 2. The molecule has 64 valence electrons. The van der Waals surface area contributed by atoms with Gasteiger partial charge in [-0.05, 0) is 31.6 Å². The fourth-order valence-corrected chi connectivity index (χ4v) is 3.16. The van der Waals surface area contributed by atoms with Gasteiger partial charge in [0.2, 0.25) is 0 Å². The maximum Gasteiger partial charge on any atom is 0.0802 e. The van der Waals surface area contributed by atoms with Crippen LogP contribution in [0.2, 0.25) is 0 Å². The minimum atomic E-state index is -0.490. The summed E-state index contributed by atoms with van der Waals surface area (Å²) in [4.78, 5) is 0. The molecule has 2 aliphatic rings. The largest absolute Gasteiger partial charge is 0.390 e. The van der Waals surface area contributed by atoms with Crippen LogP contribution in [-0.2, 0) is 0 Å². The van der Waals surface area contributed by atoms with Crippen LogP contribution in [0.3, 0.4) is 0 Å². The van der Waals surface area contributed by atoms with Crippen molar-refractivity contribution in [2.45, 2.75) is 36.3 Å². The molecule has 0 aliphatic heterocycles. The van der Waals surface area contributed by atoms with Crippen LogP contribution in [-0.4, -0.2) is 26.7 Å². The highest BCUT2D eigenvalue weighted by Crippen LogP contribution is 2.63. The summed E-state index contributed by atoms with van der Waals surface area (Å²) in [6, 6.07) is 0. The normalized spacial score (nSPS) is 62.2. The second kappa shape index (κ2) is 2.21. The van der Waals surface area contributed by atoms with Gasteiger partial charge < -0.3 is 10.2 Å². The Bertz CT molecular complexity index is 163. The number of fused-ring (bicyclic) bond motifs is 1. The predicted octanol–water partition coefficient (Wildman–Crippen LogP) is 0.902. The zero-order valence-electron chi connectivity index (χ0n) is 6.50. The van der Waals surface area contributed by atoms with Crippen LogP contribution in [0.5, 0.6) is 0 Å². The van der Waals surface area contributed by atoms with Crippen molar-refractivity contribution in [1.29, 1.82) is 0 Å². The van der Waals surface area contributed by atoms with E-state index < -0.39 is 12.2 Å². The summed E-state index contributed by atoms with van der Waals surface area (Å²) in [5, 5.41) is 18.7. The molecule has 0 aromatic heterocycles. The number of hydrogen-bond donors (Lipinski definition) is 2. The van der Waals surface area contributed by atoms with E-state index in [2.05, 4.69) is 22.9 Å². The molecule has 2 N–H and O–H groups in total. The van der Waals surface area contributed by atoms with Gasteiger partial charge in [-0.25, -0.2) is 0 Å². The van der Waals surface area contributed by atoms with Crippen molar-refractivity contribution in [1.82, 2.24) is 0 Å². The molecule has 4 unspecified atom stereocenters. The molecule has 2 rings (SSSR count). The van der Waals surface area contributed by atoms with E-state index in [1.807, 2.05) is 0 Å². The summed E-state index contributed by atoms with van der Waals surface area (Å²) in [5.41, 5.74) is 0. The van der Waals surface area contributed by atoms with E-state index in [0.717, 1.165) is 12.8 Å². The first-order valence-corrected chi connectivity index (χ1v) is 4.88. The van der Waals surface area contributed by atoms with Gasteiger partial charge in [0.15, 0.2) is 0 Å². The zero-order chi connectivity index (χ0) is 8.22. The molecular weight excluding hydrogens is 208 g/mol. The third kappa shape index (κ3) is 1.05. The van der Waals surface area contributed by atoms with E-state index in [1.165, 1.54) is 0 Å². The predicted molar refractivity (Wildman–Crippen MR) is 45.6 cm³/mol. The SMILES string of the molecule is CC1(Br)C2CC(O)C(O)CC21. The first kappa shape index (κ1) is 8.02. The molecule has 0 heterocycles. The topological polar surface area (TPSA) is 40.5 Å². The molecule has 0 aromatic rings. The molecule has 2 nitrogen and oxygen atoms in total. The lowest BCUT2D eigenvalue weighted by atomic mass is 9.95. The molecule has 2 fully saturated rings. The van der Waals surface area contributed by atoms with E-state index in [0.29, 0.717) is 11.8 Å². The van der Waals surface area contributed by atoms with Crippen LogP contribution < -0.4 is 0 Å². The minimum Gasteiger partial charge on any atom is -0.390 e. The van der Waals surface area contributed by atoms with Crippen molar-refractivity contribution < 1.29 is 10.2 Å². The van der Waals surface area contributed by atoms with E-state index in [-0.39, 0.29) is 4.32 Å². The smallest absolute Gasteiger partial charge is 0.0802 e. The van der Waals surface area contributed by atoms with Gasteiger partial charge in [0.25, 0.3) is 0 Å². The highest BCUT2D eigenvalue weighted by Gasteiger charge is 2.62. The third-order valence-electron chi connectivity index (χ3n) is 3.26. The highest BCUT2D eigenvalue weighted by atomic mass is 79.9. The zero-order valence-corrected chi connectivity index (χ0v) is 8.08. The summed E-state index contributed by atoms with van der Waals surface area (Å²) in [6.07, 6.45) is 0.535. The standard InChI is InChI=1S/C8H13BrO2/c1-8(9)4-2-6(10)7(11)3-5(4)8/h4-7,10-11H,2-3H2,1H3. The van der Waals surface area contributed by atoms with Gasteiger partial charge in [0.1, 0.15) is 0 Å². The van der Waals surface area contributed by atoms with Crippen molar-refractivity contribution in [3.8, 4) is 0 Å². The van der Waals surface area contributed by atoms with Gasteiger partial charge in [-0.1, -0.05) is 15.9 Å². The Morgan fingerprint density at radius 1 is 1.18 bits per heavy atom. The van der Waals surface area contributed by atoms with Crippen molar-refractivity contribution >= 4 is 15.9 Å². The quantitative estimate of drug-likeness (QED) is 0.596. The van der Waals surface area contributed by atoms with Gasteiger partial charge in [0.05, 0.1) is 12.2 Å². The van der Waals surface area contributed by atoms with Crippen molar-refractivity contribution in [2.24, 2.45) is 11.8 Å². The lowest BCUT2D eigenvalue weighted by Gasteiger charge is -2.21. The van der Waals surface area contributed by atoms with Gasteiger partial charge in [-0.15, -0.1) is 0 Å². The van der Waals surface area contributed by atoms with E-state index >= 15 is 0 Å². The van der Waals surface area contributed by atoms with Crippen molar-refractivity contribution in [3.05, 3.63) is 0 Å². The summed E-state index contributed by atoms with van der Waals surface area (Å²) >= 11 is 3.61. The Labute approximate surface area is 74.7 Å². The number of halogens is 1. The molecule has 0 radical (unpaired) electrons. The molecule has 0 bridgehead atoms. The molecular formula is C8H13BrO2. The Hall–Kier alpha value is 0.400. The fraction of sp³-hybridized carbons (Fsp3) is 1.00. The maximum absolute atomic E-state index is 9.34. The average molecular weight is 221 g/mol. The lowest BCUT2D eigenvalue weighted by Crippen LogP contribution is -2.30. The highest BCUT2D eigenvalue weighted by molar-refractivity contribution is 9.10. The Kier molecular flexibility index (Phi) is 1.61. The second-order valence-electron chi connectivity index (χ2n) is 3.97. The molecule has 11 heavy (non-hydrogen) atoms. The van der Waals surface area contributed by atoms with Crippen LogP contribution in [0.25, 0.3) is 0 Å². The summed E-state index contributed by atoms with van der Waals surface area (Å²) in [7, 11) is 0. The molecule has 0 spiro atoms. The maximum atomic E-state index is 9.34. The minimum absolute atomic E-state index is 0.200. The van der Waals surface area contributed by atoms with Gasteiger partial charge in [0, 0.05) is 4.32 Å². The third-order valence-corrected chi connectivity index (χ3v) is 4.44. The molecule has 2 saturated carbocycles. The molecule has 0 amide bonds. The monoisotopic (exact) mass is 220 g/mol. The van der Waals surface area contributed by atoms with Crippen molar-refractivity contribution in [2.75, 3.05) is 0 Å².